The molecule has 2 aromatic carbocycles. The van der Waals surface area contributed by atoms with Gasteiger partial charge in [0.2, 0.25) is 0 Å². The third-order valence-electron chi connectivity index (χ3n) is 4.28. The zero-order valence-corrected chi connectivity index (χ0v) is 14.5. The highest BCUT2D eigenvalue weighted by atomic mass is 79.9. The molecule has 2 aromatic rings. The summed E-state index contributed by atoms with van der Waals surface area (Å²) in [4.78, 5) is 16.8. The second kappa shape index (κ2) is 6.81. The molecule has 1 unspecified atom stereocenters. The van der Waals surface area contributed by atoms with Crippen LogP contribution in [0, 0.1) is 5.82 Å². The molecule has 1 amide bonds. The number of carbonyl (C=O) groups excluding carboxylic acids is 1. The minimum atomic E-state index is -0.241. The summed E-state index contributed by atoms with van der Waals surface area (Å²) < 4.78 is 14.1. The summed E-state index contributed by atoms with van der Waals surface area (Å²) in [5.74, 6) is -0.201. The normalized spacial score (nSPS) is 18.9. The van der Waals surface area contributed by atoms with E-state index in [-0.39, 0.29) is 17.8 Å². The molecule has 1 aliphatic rings. The fraction of sp³-hybridized carbons (Fsp3) is 0.278. The van der Waals surface area contributed by atoms with Crippen LogP contribution in [0.4, 0.5) is 4.39 Å². The molecule has 23 heavy (non-hydrogen) atoms. The van der Waals surface area contributed by atoms with Crippen LogP contribution in [0.2, 0.25) is 0 Å². The Balaban J connectivity index is 1.78. The monoisotopic (exact) mass is 376 g/mol. The number of carbonyl (C=O) groups is 1. The van der Waals surface area contributed by atoms with Crippen molar-refractivity contribution in [3.8, 4) is 0 Å². The molecule has 0 bridgehead atoms. The van der Waals surface area contributed by atoms with Crippen molar-refractivity contribution in [1.29, 1.82) is 0 Å². The van der Waals surface area contributed by atoms with Crippen LogP contribution < -0.4 is 0 Å². The van der Waals surface area contributed by atoms with Crippen LogP contribution in [0.5, 0.6) is 0 Å². The molecule has 3 rings (SSSR count). The molecular weight excluding hydrogens is 359 g/mol. The lowest BCUT2D eigenvalue weighted by atomic mass is 10.0. The Kier molecular flexibility index (Phi) is 4.78. The molecule has 0 aliphatic carbocycles. The third kappa shape index (κ3) is 3.62. The number of benzene rings is 2. The molecule has 0 spiro atoms. The smallest absolute Gasteiger partial charge is 0.253 e. The summed E-state index contributed by atoms with van der Waals surface area (Å²) in [7, 11) is 2.04. The number of halogens is 2. The molecule has 0 N–H and O–H groups in total. The molecule has 0 saturated carbocycles. The van der Waals surface area contributed by atoms with Crippen molar-refractivity contribution in [3.63, 3.8) is 0 Å². The Bertz CT molecular complexity index is 687. The maximum Gasteiger partial charge on any atom is 0.253 e. The van der Waals surface area contributed by atoms with E-state index in [0.717, 1.165) is 16.6 Å². The molecular formula is C18H18BrFN2O. The van der Waals surface area contributed by atoms with Gasteiger partial charge in [0, 0.05) is 29.7 Å². The minimum Gasteiger partial charge on any atom is -0.335 e. The fourth-order valence-electron chi connectivity index (χ4n) is 2.88. The van der Waals surface area contributed by atoms with E-state index in [1.807, 2.05) is 36.2 Å². The van der Waals surface area contributed by atoms with Gasteiger partial charge in [-0.2, -0.15) is 0 Å². The Labute approximate surface area is 143 Å². The Morgan fingerprint density at radius 3 is 2.39 bits per heavy atom. The van der Waals surface area contributed by atoms with Gasteiger partial charge in [-0.1, -0.05) is 28.1 Å². The molecule has 1 atom stereocenters. The van der Waals surface area contributed by atoms with Gasteiger partial charge < -0.3 is 4.90 Å². The molecule has 1 heterocycles. The number of likely N-dealkylation sites (N-methyl/N-ethyl adjacent to an activating group) is 1. The van der Waals surface area contributed by atoms with Gasteiger partial charge in [0.05, 0.1) is 6.04 Å². The average molecular weight is 377 g/mol. The van der Waals surface area contributed by atoms with Gasteiger partial charge in [0.25, 0.3) is 5.91 Å². The van der Waals surface area contributed by atoms with Crippen molar-refractivity contribution in [2.45, 2.75) is 6.04 Å². The number of hydrogen-bond donors (Lipinski definition) is 0. The topological polar surface area (TPSA) is 23.6 Å². The molecule has 0 aromatic heterocycles. The zero-order chi connectivity index (χ0) is 16.4. The third-order valence-corrected chi connectivity index (χ3v) is 4.81. The van der Waals surface area contributed by atoms with Crippen molar-refractivity contribution in [3.05, 3.63) is 69.9 Å². The highest BCUT2D eigenvalue weighted by Crippen LogP contribution is 2.25. The number of piperazine rings is 1. The molecule has 3 nitrogen and oxygen atoms in total. The van der Waals surface area contributed by atoms with Crippen molar-refractivity contribution in [1.82, 2.24) is 9.80 Å². The SMILES string of the molecule is CN1CCN(C(=O)c2ccc(Br)cc2)CC1c1ccc(F)cc1. The van der Waals surface area contributed by atoms with Crippen molar-refractivity contribution >= 4 is 21.8 Å². The summed E-state index contributed by atoms with van der Waals surface area (Å²) in [5, 5.41) is 0. The summed E-state index contributed by atoms with van der Waals surface area (Å²) in [6, 6.07) is 14.0. The van der Waals surface area contributed by atoms with Crippen molar-refractivity contribution in [2.75, 3.05) is 26.7 Å². The largest absolute Gasteiger partial charge is 0.335 e. The molecule has 120 valence electrons. The van der Waals surface area contributed by atoms with Crippen LogP contribution >= 0.6 is 15.9 Å². The van der Waals surface area contributed by atoms with E-state index < -0.39 is 0 Å². The summed E-state index contributed by atoms with van der Waals surface area (Å²) in [6.07, 6.45) is 0. The maximum absolute atomic E-state index is 13.1. The summed E-state index contributed by atoms with van der Waals surface area (Å²) in [6.45, 7) is 2.10. The number of rotatable bonds is 2. The zero-order valence-electron chi connectivity index (χ0n) is 12.9. The molecule has 5 heteroatoms. The van der Waals surface area contributed by atoms with E-state index in [2.05, 4.69) is 20.8 Å². The van der Waals surface area contributed by atoms with Gasteiger partial charge in [-0.3, -0.25) is 9.69 Å². The number of nitrogens with zero attached hydrogens (tertiary/aromatic N) is 2. The molecule has 1 fully saturated rings. The van der Waals surface area contributed by atoms with Gasteiger partial charge in [0.1, 0.15) is 5.82 Å². The summed E-state index contributed by atoms with van der Waals surface area (Å²) in [5.41, 5.74) is 1.72. The lowest BCUT2D eigenvalue weighted by molar-refractivity contribution is 0.0546. The highest BCUT2D eigenvalue weighted by Gasteiger charge is 2.28. The van der Waals surface area contributed by atoms with Crippen LogP contribution in [0.15, 0.2) is 53.0 Å². The van der Waals surface area contributed by atoms with Crippen LogP contribution in [0.25, 0.3) is 0 Å². The second-order valence-electron chi connectivity index (χ2n) is 5.81. The first-order valence-electron chi connectivity index (χ1n) is 7.55. The summed E-state index contributed by atoms with van der Waals surface area (Å²) >= 11 is 3.38. The van der Waals surface area contributed by atoms with E-state index >= 15 is 0 Å². The van der Waals surface area contributed by atoms with Crippen LogP contribution in [-0.2, 0) is 0 Å². The second-order valence-corrected chi connectivity index (χ2v) is 6.72. The van der Waals surface area contributed by atoms with Crippen LogP contribution in [-0.4, -0.2) is 42.4 Å². The van der Waals surface area contributed by atoms with Gasteiger partial charge in [-0.15, -0.1) is 0 Å². The van der Waals surface area contributed by atoms with Crippen LogP contribution in [0.3, 0.4) is 0 Å². The fourth-order valence-corrected chi connectivity index (χ4v) is 3.14. The predicted octanol–water partition coefficient (Wildman–Crippen LogP) is 3.72. The molecule has 1 saturated heterocycles. The quantitative estimate of drug-likeness (QED) is 0.797. The van der Waals surface area contributed by atoms with E-state index in [1.165, 1.54) is 12.1 Å². The first-order valence-corrected chi connectivity index (χ1v) is 8.34. The van der Waals surface area contributed by atoms with Crippen molar-refractivity contribution in [2.24, 2.45) is 0 Å². The Morgan fingerprint density at radius 1 is 1.09 bits per heavy atom. The van der Waals surface area contributed by atoms with Gasteiger partial charge in [0.15, 0.2) is 0 Å². The molecule has 1 aliphatic heterocycles. The van der Waals surface area contributed by atoms with E-state index in [4.69, 9.17) is 0 Å². The first kappa shape index (κ1) is 16.1. The first-order chi connectivity index (χ1) is 11.0. The highest BCUT2D eigenvalue weighted by molar-refractivity contribution is 9.10. The van der Waals surface area contributed by atoms with E-state index in [1.54, 1.807) is 12.1 Å². The number of amides is 1. The minimum absolute atomic E-state index is 0.0395. The van der Waals surface area contributed by atoms with E-state index in [9.17, 15) is 9.18 Å². The van der Waals surface area contributed by atoms with Gasteiger partial charge in [-0.05, 0) is 49.0 Å². The standard InChI is InChI=1S/C18H18BrFN2O/c1-21-10-11-22(18(23)14-2-6-15(19)7-3-14)12-17(21)13-4-8-16(20)9-5-13/h2-9,17H,10-12H2,1H3. The lowest BCUT2D eigenvalue weighted by Gasteiger charge is -2.39. The number of hydrogen-bond acceptors (Lipinski definition) is 2. The average Bonchev–Trinajstić information content (AvgIpc) is 2.56. The maximum atomic E-state index is 13.1. The van der Waals surface area contributed by atoms with Crippen LogP contribution in [0.1, 0.15) is 22.0 Å². The molecule has 0 radical (unpaired) electrons. The lowest BCUT2D eigenvalue weighted by Crippen LogP contribution is -2.49. The Hall–Kier alpha value is -1.72. The van der Waals surface area contributed by atoms with Crippen molar-refractivity contribution < 1.29 is 9.18 Å². The van der Waals surface area contributed by atoms with Gasteiger partial charge in [-0.25, -0.2) is 4.39 Å². The van der Waals surface area contributed by atoms with Gasteiger partial charge >= 0.3 is 0 Å². The predicted molar refractivity (Wildman–Crippen MR) is 91.8 cm³/mol. The van der Waals surface area contributed by atoms with E-state index in [0.29, 0.717) is 18.7 Å². The Morgan fingerprint density at radius 2 is 1.74 bits per heavy atom.